The van der Waals surface area contributed by atoms with Gasteiger partial charge in [-0.3, -0.25) is 34.2 Å². The summed E-state index contributed by atoms with van der Waals surface area (Å²) in [5.74, 6) is -0.512. The van der Waals surface area contributed by atoms with Crippen molar-refractivity contribution in [1.29, 1.82) is 0 Å². The number of rotatable bonds is 9. The molecule has 2 aromatic carbocycles. The van der Waals surface area contributed by atoms with Crippen LogP contribution in [-0.2, 0) is 9.59 Å². The number of benzene rings is 2. The number of amides is 5. The van der Waals surface area contributed by atoms with Gasteiger partial charge in [-0.05, 0) is 106 Å². The minimum atomic E-state index is -0.966. The zero-order valence-corrected chi connectivity index (χ0v) is 29.8. The monoisotopic (exact) mass is 719 g/mol. The van der Waals surface area contributed by atoms with Crippen LogP contribution < -0.4 is 26.2 Å². The van der Waals surface area contributed by atoms with Gasteiger partial charge in [-0.25, -0.2) is 4.98 Å². The van der Waals surface area contributed by atoms with Crippen LogP contribution in [0.25, 0.3) is 0 Å². The molecule has 4 fully saturated rings. The number of nitrogens with zero attached hydrogens (tertiary/aromatic N) is 6. The van der Waals surface area contributed by atoms with Crippen molar-refractivity contribution in [3.63, 3.8) is 0 Å². The van der Waals surface area contributed by atoms with Crippen LogP contribution in [0.1, 0.15) is 93.9 Å². The first-order valence-corrected chi connectivity index (χ1v) is 18.8. The molecule has 0 radical (unpaired) electrons. The molecular formula is C39H45N9O5. The molecule has 3 aromatic rings. The van der Waals surface area contributed by atoms with Gasteiger partial charge < -0.3 is 25.8 Å². The molecule has 1 aromatic heterocycles. The van der Waals surface area contributed by atoms with E-state index in [1.54, 1.807) is 12.1 Å². The van der Waals surface area contributed by atoms with E-state index >= 15 is 0 Å². The zero-order chi connectivity index (χ0) is 36.6. The smallest absolute Gasteiger partial charge is 0.262 e. The molecule has 8 rings (SSSR count). The number of hydrogen-bond acceptors (Lipinski definition) is 11. The minimum Gasteiger partial charge on any atom is -0.371 e. The van der Waals surface area contributed by atoms with E-state index in [-0.39, 0.29) is 24.3 Å². The number of anilines is 4. The Bertz CT molecular complexity index is 1940. The molecule has 5 aliphatic rings. The molecule has 2 unspecified atom stereocenters. The van der Waals surface area contributed by atoms with Crippen molar-refractivity contribution in [3.8, 4) is 0 Å². The van der Waals surface area contributed by atoms with E-state index in [9.17, 15) is 24.0 Å². The molecule has 4 saturated heterocycles. The van der Waals surface area contributed by atoms with Gasteiger partial charge in [-0.1, -0.05) is 12.1 Å². The van der Waals surface area contributed by atoms with Gasteiger partial charge in [-0.15, -0.1) is 0 Å². The van der Waals surface area contributed by atoms with Crippen molar-refractivity contribution in [2.24, 2.45) is 11.7 Å². The third-order valence-electron chi connectivity index (χ3n) is 11.5. The summed E-state index contributed by atoms with van der Waals surface area (Å²) in [6, 6.07) is 12.8. The summed E-state index contributed by atoms with van der Waals surface area (Å²) in [6.45, 7) is 6.60. The highest BCUT2D eigenvalue weighted by Crippen LogP contribution is 2.34. The van der Waals surface area contributed by atoms with Crippen molar-refractivity contribution in [2.75, 3.05) is 60.9 Å². The van der Waals surface area contributed by atoms with Gasteiger partial charge in [0.25, 0.3) is 17.7 Å². The van der Waals surface area contributed by atoms with Crippen LogP contribution in [-0.4, -0.2) is 101 Å². The second-order valence-electron chi connectivity index (χ2n) is 14.9. The highest BCUT2D eigenvalue weighted by molar-refractivity contribution is 6.23. The first-order chi connectivity index (χ1) is 25.7. The van der Waals surface area contributed by atoms with Gasteiger partial charge >= 0.3 is 0 Å². The van der Waals surface area contributed by atoms with Gasteiger partial charge in [0.2, 0.25) is 17.8 Å². The van der Waals surface area contributed by atoms with Gasteiger partial charge in [0, 0.05) is 56.7 Å². The van der Waals surface area contributed by atoms with Crippen LogP contribution >= 0.6 is 0 Å². The van der Waals surface area contributed by atoms with Crippen LogP contribution in [0.2, 0.25) is 0 Å². The van der Waals surface area contributed by atoms with E-state index in [2.05, 4.69) is 47.4 Å². The van der Waals surface area contributed by atoms with Crippen LogP contribution in [0, 0.1) is 5.92 Å². The number of imide groups is 2. The summed E-state index contributed by atoms with van der Waals surface area (Å²) in [5, 5.41) is 5.56. The molecule has 0 aliphatic carbocycles. The van der Waals surface area contributed by atoms with E-state index in [1.165, 1.54) is 18.2 Å². The van der Waals surface area contributed by atoms with Gasteiger partial charge in [0.05, 0.1) is 11.1 Å². The molecule has 5 amide bonds. The molecule has 0 spiro atoms. The average molecular weight is 720 g/mol. The fourth-order valence-electron chi connectivity index (χ4n) is 8.56. The number of nitrogens with one attached hydrogen (secondary N) is 2. The SMILES string of the molecule is NC(=O)c1cnc(N2CCCCC2)nc1Nc1ccc(C2CCN(CC3CCN(c4ccc5c(c4)C(=O)N(C4CCC(=O)NC4=O)C5=O)C3)CC2)cc1. The lowest BCUT2D eigenvalue weighted by Gasteiger charge is -2.34. The highest BCUT2D eigenvalue weighted by atomic mass is 16.2. The van der Waals surface area contributed by atoms with E-state index < -0.39 is 29.7 Å². The summed E-state index contributed by atoms with van der Waals surface area (Å²) < 4.78 is 0. The molecule has 53 heavy (non-hydrogen) atoms. The second kappa shape index (κ2) is 14.6. The summed E-state index contributed by atoms with van der Waals surface area (Å²) >= 11 is 0. The predicted molar refractivity (Wildman–Crippen MR) is 198 cm³/mol. The quantitative estimate of drug-likeness (QED) is 0.277. The Kier molecular flexibility index (Phi) is 9.54. The lowest BCUT2D eigenvalue weighted by Crippen LogP contribution is -2.54. The Balaban J connectivity index is 0.835. The summed E-state index contributed by atoms with van der Waals surface area (Å²) in [7, 11) is 0. The predicted octanol–water partition coefficient (Wildman–Crippen LogP) is 3.42. The molecule has 14 heteroatoms. The number of nitrogens with two attached hydrogens (primary N) is 1. The number of aromatic nitrogens is 2. The van der Waals surface area contributed by atoms with E-state index in [0.29, 0.717) is 34.7 Å². The van der Waals surface area contributed by atoms with Gasteiger partial charge in [0.1, 0.15) is 17.4 Å². The van der Waals surface area contributed by atoms with Crippen molar-refractivity contribution < 1.29 is 24.0 Å². The number of fused-ring (bicyclic) bond motifs is 1. The number of carbonyl (C=O) groups is 5. The van der Waals surface area contributed by atoms with Crippen molar-refractivity contribution in [3.05, 3.63) is 70.9 Å². The first-order valence-electron chi connectivity index (χ1n) is 18.8. The number of piperidine rings is 3. The second-order valence-corrected chi connectivity index (χ2v) is 14.9. The largest absolute Gasteiger partial charge is 0.371 e. The summed E-state index contributed by atoms with van der Waals surface area (Å²) in [6.07, 6.45) is 8.36. The summed E-state index contributed by atoms with van der Waals surface area (Å²) in [5.41, 5.74) is 9.59. The first kappa shape index (κ1) is 34.7. The summed E-state index contributed by atoms with van der Waals surface area (Å²) in [4.78, 5) is 79.8. The van der Waals surface area contributed by atoms with Crippen LogP contribution in [0.15, 0.2) is 48.7 Å². The molecule has 2 atom stereocenters. The lowest BCUT2D eigenvalue weighted by atomic mass is 9.89. The fourth-order valence-corrected chi connectivity index (χ4v) is 8.56. The molecular weight excluding hydrogens is 674 g/mol. The number of hydrogen-bond donors (Lipinski definition) is 3. The Morgan fingerprint density at radius 2 is 1.60 bits per heavy atom. The molecule has 0 bridgehead atoms. The Morgan fingerprint density at radius 1 is 0.849 bits per heavy atom. The normalized spacial score (nSPS) is 22.7. The molecule has 6 heterocycles. The van der Waals surface area contributed by atoms with Crippen molar-refractivity contribution in [1.82, 2.24) is 25.1 Å². The minimum absolute atomic E-state index is 0.0968. The molecule has 276 valence electrons. The number of primary amides is 1. The standard InChI is InChI=1S/C39H45N9O5/c40-34(50)31-21-41-39(46-15-2-1-3-16-46)44-35(31)42-27-6-4-25(5-7-27)26-13-17-45(18-14-26)22-24-12-19-47(23-24)28-8-9-29-30(20-28)38(53)48(37(29)52)32-10-11-33(49)43-36(32)51/h4-9,20-21,24,26,32H,1-3,10-19,22-23H2,(H2,40,50)(H,41,42,44)(H,43,49,51). The van der Waals surface area contributed by atoms with Gasteiger partial charge in [0.15, 0.2) is 0 Å². The fraction of sp³-hybridized carbons (Fsp3) is 0.462. The van der Waals surface area contributed by atoms with Crippen molar-refractivity contribution in [2.45, 2.75) is 63.3 Å². The lowest BCUT2D eigenvalue weighted by molar-refractivity contribution is -0.136. The Morgan fingerprint density at radius 3 is 2.34 bits per heavy atom. The third-order valence-corrected chi connectivity index (χ3v) is 11.5. The molecule has 0 saturated carbocycles. The molecule has 4 N–H and O–H groups in total. The third kappa shape index (κ3) is 7.07. The zero-order valence-electron chi connectivity index (χ0n) is 29.8. The van der Waals surface area contributed by atoms with E-state index in [0.717, 1.165) is 94.2 Å². The average Bonchev–Trinajstić information content (AvgIpc) is 3.74. The van der Waals surface area contributed by atoms with Crippen LogP contribution in [0.4, 0.5) is 23.1 Å². The Hall–Kier alpha value is -5.37. The molecule has 5 aliphatic heterocycles. The topological polar surface area (TPSA) is 174 Å². The van der Waals surface area contributed by atoms with E-state index in [1.807, 2.05) is 18.2 Å². The number of likely N-dealkylation sites (tertiary alicyclic amines) is 1. The Labute approximate surface area is 308 Å². The van der Waals surface area contributed by atoms with Crippen LogP contribution in [0.5, 0.6) is 0 Å². The molecule has 14 nitrogen and oxygen atoms in total. The maximum atomic E-state index is 13.3. The van der Waals surface area contributed by atoms with E-state index in [4.69, 9.17) is 5.73 Å². The maximum absolute atomic E-state index is 13.3. The van der Waals surface area contributed by atoms with Crippen LogP contribution in [0.3, 0.4) is 0 Å². The highest BCUT2D eigenvalue weighted by Gasteiger charge is 2.45. The maximum Gasteiger partial charge on any atom is 0.262 e. The number of carbonyl (C=O) groups excluding carboxylic acids is 5. The van der Waals surface area contributed by atoms with Crippen molar-refractivity contribution >= 4 is 52.7 Å². The van der Waals surface area contributed by atoms with Gasteiger partial charge in [-0.2, -0.15) is 4.98 Å².